The zero-order valence-electron chi connectivity index (χ0n) is 15.6. The summed E-state index contributed by atoms with van der Waals surface area (Å²) in [7, 11) is 0. The summed E-state index contributed by atoms with van der Waals surface area (Å²) in [5, 5.41) is 5.66. The van der Waals surface area contributed by atoms with Crippen LogP contribution in [0.25, 0.3) is 0 Å². The third-order valence-corrected chi connectivity index (χ3v) is 4.08. The van der Waals surface area contributed by atoms with Gasteiger partial charge in [-0.3, -0.25) is 0 Å². The monoisotopic (exact) mass is 340 g/mol. The van der Waals surface area contributed by atoms with Crippen LogP contribution in [0.4, 0.5) is 4.79 Å². The number of aryl methyl sites for hydroxylation is 1. The third-order valence-electron chi connectivity index (χ3n) is 4.08. The van der Waals surface area contributed by atoms with E-state index < -0.39 is 0 Å². The number of hydrogen-bond acceptors (Lipinski definition) is 2. The van der Waals surface area contributed by atoms with Crippen molar-refractivity contribution in [2.24, 2.45) is 0 Å². The van der Waals surface area contributed by atoms with Crippen LogP contribution in [0.1, 0.15) is 37.5 Å². The lowest BCUT2D eigenvalue weighted by atomic mass is 9.87. The van der Waals surface area contributed by atoms with E-state index in [2.05, 4.69) is 43.5 Å². The van der Waals surface area contributed by atoms with Crippen LogP contribution in [0.3, 0.4) is 0 Å². The molecule has 0 saturated heterocycles. The van der Waals surface area contributed by atoms with Crippen molar-refractivity contribution in [3.63, 3.8) is 0 Å². The maximum atomic E-state index is 11.8. The van der Waals surface area contributed by atoms with E-state index in [1.807, 2.05) is 43.3 Å². The highest BCUT2D eigenvalue weighted by Crippen LogP contribution is 2.24. The largest absolute Gasteiger partial charge is 0.492 e. The Hall–Kier alpha value is -2.49. The topological polar surface area (TPSA) is 50.4 Å². The van der Waals surface area contributed by atoms with Gasteiger partial charge in [-0.1, -0.05) is 57.2 Å². The van der Waals surface area contributed by atoms with Crippen LogP contribution in [0.2, 0.25) is 0 Å². The summed E-state index contributed by atoms with van der Waals surface area (Å²) in [6.07, 6.45) is 0. The lowest BCUT2D eigenvalue weighted by Crippen LogP contribution is -2.37. The number of nitrogens with one attached hydrogen (secondary N) is 2. The fraction of sp³-hybridized carbons (Fsp3) is 0.381. The smallest absolute Gasteiger partial charge is 0.315 e. The number of amides is 2. The summed E-state index contributed by atoms with van der Waals surface area (Å²) in [5.41, 5.74) is 3.70. The molecule has 2 aromatic carbocycles. The van der Waals surface area contributed by atoms with Crippen LogP contribution < -0.4 is 15.4 Å². The Labute approximate surface area is 150 Å². The number of rotatable bonds is 6. The van der Waals surface area contributed by atoms with Gasteiger partial charge in [0, 0.05) is 6.54 Å². The lowest BCUT2D eigenvalue weighted by Gasteiger charge is -2.19. The van der Waals surface area contributed by atoms with Crippen LogP contribution in [-0.4, -0.2) is 19.2 Å². The maximum absolute atomic E-state index is 11.8. The van der Waals surface area contributed by atoms with Gasteiger partial charge in [0.15, 0.2) is 0 Å². The van der Waals surface area contributed by atoms with E-state index in [0.29, 0.717) is 19.7 Å². The molecule has 4 heteroatoms. The number of carbonyl (C=O) groups is 1. The number of hydrogen-bond donors (Lipinski definition) is 2. The van der Waals surface area contributed by atoms with Gasteiger partial charge in [0.1, 0.15) is 12.4 Å². The molecule has 0 aliphatic carbocycles. The van der Waals surface area contributed by atoms with Crippen molar-refractivity contribution in [2.45, 2.75) is 39.7 Å². The second-order valence-electron chi connectivity index (χ2n) is 7.16. The van der Waals surface area contributed by atoms with E-state index in [1.54, 1.807) is 0 Å². The van der Waals surface area contributed by atoms with Gasteiger partial charge in [0.25, 0.3) is 0 Å². The van der Waals surface area contributed by atoms with Gasteiger partial charge >= 0.3 is 6.03 Å². The van der Waals surface area contributed by atoms with E-state index in [9.17, 15) is 4.79 Å². The van der Waals surface area contributed by atoms with Crippen molar-refractivity contribution < 1.29 is 9.53 Å². The van der Waals surface area contributed by atoms with Crippen molar-refractivity contribution in [2.75, 3.05) is 13.2 Å². The molecule has 0 radical (unpaired) electrons. The molecule has 0 aliphatic heterocycles. The standard InChI is InChI=1S/C21H28N2O2/c1-16-7-5-6-8-17(16)15-23-20(24)22-13-14-25-19-11-9-18(10-12-19)21(2,3)4/h5-12H,13-15H2,1-4H3,(H2,22,23,24). The van der Waals surface area contributed by atoms with Gasteiger partial charge in [-0.25, -0.2) is 4.79 Å². The van der Waals surface area contributed by atoms with Crippen LogP contribution in [0.15, 0.2) is 48.5 Å². The van der Waals surface area contributed by atoms with Crippen molar-refractivity contribution >= 4 is 6.03 Å². The highest BCUT2D eigenvalue weighted by molar-refractivity contribution is 5.73. The molecular formula is C21H28N2O2. The van der Waals surface area contributed by atoms with E-state index in [4.69, 9.17) is 4.74 Å². The number of urea groups is 1. The molecule has 2 N–H and O–H groups in total. The quantitative estimate of drug-likeness (QED) is 0.776. The summed E-state index contributed by atoms with van der Waals surface area (Å²) < 4.78 is 5.66. The fourth-order valence-electron chi connectivity index (χ4n) is 2.43. The van der Waals surface area contributed by atoms with Gasteiger partial charge in [-0.05, 0) is 41.2 Å². The van der Waals surface area contributed by atoms with Gasteiger partial charge < -0.3 is 15.4 Å². The van der Waals surface area contributed by atoms with E-state index in [-0.39, 0.29) is 11.4 Å². The molecule has 0 spiro atoms. The minimum Gasteiger partial charge on any atom is -0.492 e. The second kappa shape index (κ2) is 8.56. The first kappa shape index (κ1) is 18.8. The summed E-state index contributed by atoms with van der Waals surface area (Å²) in [6, 6.07) is 15.9. The SMILES string of the molecule is Cc1ccccc1CNC(=O)NCCOc1ccc(C(C)(C)C)cc1. The summed E-state index contributed by atoms with van der Waals surface area (Å²) in [6.45, 7) is 10.0. The zero-order valence-corrected chi connectivity index (χ0v) is 15.6. The molecular weight excluding hydrogens is 312 g/mol. The number of ether oxygens (including phenoxy) is 1. The Morgan fingerprint density at radius 1 is 1.00 bits per heavy atom. The molecule has 0 fully saturated rings. The predicted molar refractivity (Wildman–Crippen MR) is 102 cm³/mol. The first-order valence-corrected chi connectivity index (χ1v) is 8.66. The highest BCUT2D eigenvalue weighted by atomic mass is 16.5. The molecule has 0 aliphatic rings. The van der Waals surface area contributed by atoms with Crippen LogP contribution >= 0.6 is 0 Å². The average molecular weight is 340 g/mol. The molecule has 0 aromatic heterocycles. The molecule has 0 atom stereocenters. The molecule has 2 aromatic rings. The van der Waals surface area contributed by atoms with E-state index in [1.165, 1.54) is 11.1 Å². The molecule has 0 bridgehead atoms. The molecule has 2 rings (SSSR count). The zero-order chi connectivity index (χ0) is 18.3. The van der Waals surface area contributed by atoms with Gasteiger partial charge in [-0.2, -0.15) is 0 Å². The fourth-order valence-corrected chi connectivity index (χ4v) is 2.43. The molecule has 2 amide bonds. The first-order chi connectivity index (χ1) is 11.9. The Kier molecular flexibility index (Phi) is 6.45. The Balaban J connectivity index is 1.67. The average Bonchev–Trinajstić information content (AvgIpc) is 2.57. The van der Waals surface area contributed by atoms with Crippen LogP contribution in [0.5, 0.6) is 5.75 Å². The van der Waals surface area contributed by atoms with Crippen molar-refractivity contribution in [3.8, 4) is 5.75 Å². The third kappa shape index (κ3) is 6.14. The summed E-state index contributed by atoms with van der Waals surface area (Å²) in [5.74, 6) is 0.815. The molecule has 0 heterocycles. The highest BCUT2D eigenvalue weighted by Gasteiger charge is 2.12. The van der Waals surface area contributed by atoms with Crippen LogP contribution in [0, 0.1) is 6.92 Å². The van der Waals surface area contributed by atoms with Crippen molar-refractivity contribution in [1.82, 2.24) is 10.6 Å². The predicted octanol–water partition coefficient (Wildman–Crippen LogP) is 4.17. The molecule has 25 heavy (non-hydrogen) atoms. The summed E-state index contributed by atoms with van der Waals surface area (Å²) in [4.78, 5) is 11.8. The first-order valence-electron chi connectivity index (χ1n) is 8.66. The normalized spacial score (nSPS) is 11.0. The number of benzene rings is 2. The number of carbonyl (C=O) groups excluding carboxylic acids is 1. The molecule has 0 unspecified atom stereocenters. The van der Waals surface area contributed by atoms with Gasteiger partial charge in [0.05, 0.1) is 6.54 Å². The minimum absolute atomic E-state index is 0.134. The Morgan fingerprint density at radius 3 is 2.32 bits per heavy atom. The van der Waals surface area contributed by atoms with E-state index in [0.717, 1.165) is 11.3 Å². The van der Waals surface area contributed by atoms with Crippen molar-refractivity contribution in [3.05, 3.63) is 65.2 Å². The van der Waals surface area contributed by atoms with Gasteiger partial charge in [-0.15, -0.1) is 0 Å². The van der Waals surface area contributed by atoms with Crippen molar-refractivity contribution in [1.29, 1.82) is 0 Å². The Bertz CT molecular complexity index is 688. The molecule has 4 nitrogen and oxygen atoms in total. The molecule has 134 valence electrons. The maximum Gasteiger partial charge on any atom is 0.315 e. The molecule has 0 saturated carbocycles. The van der Waals surface area contributed by atoms with Crippen LogP contribution in [-0.2, 0) is 12.0 Å². The Morgan fingerprint density at radius 2 is 1.68 bits per heavy atom. The van der Waals surface area contributed by atoms with Gasteiger partial charge in [0.2, 0.25) is 0 Å². The lowest BCUT2D eigenvalue weighted by molar-refractivity contribution is 0.236. The second-order valence-corrected chi connectivity index (χ2v) is 7.16. The summed E-state index contributed by atoms with van der Waals surface area (Å²) >= 11 is 0. The van der Waals surface area contributed by atoms with E-state index >= 15 is 0 Å². The minimum atomic E-state index is -0.185.